The zero-order valence-electron chi connectivity index (χ0n) is 9.38. The molecule has 15 heavy (non-hydrogen) atoms. The molecule has 0 radical (unpaired) electrons. The number of rotatable bonds is 2. The Balaban J connectivity index is 2.04. The fourth-order valence-electron chi connectivity index (χ4n) is 2.51. The van der Waals surface area contributed by atoms with Crippen LogP contribution in [0, 0.1) is 12.8 Å². The second kappa shape index (κ2) is 5.03. The Kier molecular flexibility index (Phi) is 3.69. The Morgan fingerprint density at radius 3 is 2.67 bits per heavy atom. The van der Waals surface area contributed by atoms with E-state index >= 15 is 0 Å². The molecule has 0 spiro atoms. The standard InChI is InChI=1S/C14H19Cl/c1-11-6-2-3-7-12(11)10-13-8-4-5-9-14(13)15/h2-3,6-7,13-14H,4-5,8-10H2,1H3. The van der Waals surface area contributed by atoms with Crippen molar-refractivity contribution >= 4 is 11.6 Å². The van der Waals surface area contributed by atoms with E-state index in [1.807, 2.05) is 0 Å². The van der Waals surface area contributed by atoms with Gasteiger partial charge in [-0.15, -0.1) is 11.6 Å². The van der Waals surface area contributed by atoms with Gasteiger partial charge in [0, 0.05) is 5.38 Å². The highest BCUT2D eigenvalue weighted by molar-refractivity contribution is 6.20. The van der Waals surface area contributed by atoms with Crippen molar-refractivity contribution in [1.29, 1.82) is 0 Å². The number of alkyl halides is 1. The van der Waals surface area contributed by atoms with E-state index in [2.05, 4.69) is 31.2 Å². The smallest absolute Gasteiger partial charge is 0.0367 e. The molecule has 0 nitrogen and oxygen atoms in total. The summed E-state index contributed by atoms with van der Waals surface area (Å²) in [4.78, 5) is 0. The zero-order chi connectivity index (χ0) is 10.7. The van der Waals surface area contributed by atoms with Crippen molar-refractivity contribution in [1.82, 2.24) is 0 Å². The number of aryl methyl sites for hydroxylation is 1. The van der Waals surface area contributed by atoms with Crippen molar-refractivity contribution in [3.05, 3.63) is 35.4 Å². The van der Waals surface area contributed by atoms with E-state index in [0.29, 0.717) is 11.3 Å². The molecule has 0 heterocycles. The SMILES string of the molecule is Cc1ccccc1CC1CCCCC1Cl. The Hall–Kier alpha value is -0.490. The zero-order valence-corrected chi connectivity index (χ0v) is 10.1. The fourth-order valence-corrected chi connectivity index (χ4v) is 2.88. The van der Waals surface area contributed by atoms with Crippen LogP contribution in [-0.4, -0.2) is 5.38 Å². The van der Waals surface area contributed by atoms with Crippen LogP contribution in [0.3, 0.4) is 0 Å². The molecule has 0 aliphatic heterocycles. The molecule has 0 saturated heterocycles. The Morgan fingerprint density at radius 2 is 1.93 bits per heavy atom. The van der Waals surface area contributed by atoms with Crippen LogP contribution in [0.1, 0.15) is 36.8 Å². The van der Waals surface area contributed by atoms with Crippen molar-refractivity contribution in [2.24, 2.45) is 5.92 Å². The van der Waals surface area contributed by atoms with Crippen LogP contribution in [0.25, 0.3) is 0 Å². The molecule has 2 rings (SSSR count). The van der Waals surface area contributed by atoms with Gasteiger partial charge in [0.25, 0.3) is 0 Å². The highest BCUT2D eigenvalue weighted by Crippen LogP contribution is 2.31. The summed E-state index contributed by atoms with van der Waals surface area (Å²) < 4.78 is 0. The summed E-state index contributed by atoms with van der Waals surface area (Å²) >= 11 is 6.38. The van der Waals surface area contributed by atoms with Gasteiger partial charge < -0.3 is 0 Å². The van der Waals surface area contributed by atoms with E-state index < -0.39 is 0 Å². The van der Waals surface area contributed by atoms with Gasteiger partial charge in [-0.25, -0.2) is 0 Å². The minimum absolute atomic E-state index is 0.401. The van der Waals surface area contributed by atoms with Crippen molar-refractivity contribution in [2.45, 2.75) is 44.4 Å². The second-order valence-corrected chi connectivity index (χ2v) is 5.25. The van der Waals surface area contributed by atoms with Gasteiger partial charge in [0.2, 0.25) is 0 Å². The predicted molar refractivity (Wildman–Crippen MR) is 66.5 cm³/mol. The first-order chi connectivity index (χ1) is 7.27. The maximum absolute atomic E-state index is 6.38. The molecule has 0 bridgehead atoms. The van der Waals surface area contributed by atoms with Gasteiger partial charge >= 0.3 is 0 Å². The molecule has 1 heteroatoms. The first-order valence-electron chi connectivity index (χ1n) is 5.96. The van der Waals surface area contributed by atoms with Gasteiger partial charge in [-0.05, 0) is 43.2 Å². The lowest BCUT2D eigenvalue weighted by molar-refractivity contribution is 0.363. The predicted octanol–water partition coefficient (Wildman–Crippen LogP) is 4.34. The summed E-state index contributed by atoms with van der Waals surface area (Å²) in [5.74, 6) is 0.696. The normalized spacial score (nSPS) is 26.5. The lowest BCUT2D eigenvalue weighted by Crippen LogP contribution is -2.22. The van der Waals surface area contributed by atoms with Crippen LogP contribution in [-0.2, 0) is 6.42 Å². The molecule has 1 aromatic rings. The number of hydrogen-bond acceptors (Lipinski definition) is 0. The maximum atomic E-state index is 6.38. The van der Waals surface area contributed by atoms with E-state index in [4.69, 9.17) is 11.6 Å². The molecular formula is C14H19Cl. The summed E-state index contributed by atoms with van der Waals surface area (Å²) in [6, 6.07) is 8.68. The largest absolute Gasteiger partial charge is 0.123 e. The Morgan fingerprint density at radius 1 is 1.20 bits per heavy atom. The first-order valence-corrected chi connectivity index (χ1v) is 6.39. The number of benzene rings is 1. The van der Waals surface area contributed by atoms with Crippen molar-refractivity contribution < 1.29 is 0 Å². The van der Waals surface area contributed by atoms with Crippen LogP contribution in [0.15, 0.2) is 24.3 Å². The van der Waals surface area contributed by atoms with Crippen molar-refractivity contribution in [2.75, 3.05) is 0 Å². The van der Waals surface area contributed by atoms with Gasteiger partial charge in [0.1, 0.15) is 0 Å². The molecule has 1 aliphatic rings. The molecule has 1 aromatic carbocycles. The molecular weight excluding hydrogens is 204 g/mol. The van der Waals surface area contributed by atoms with Gasteiger partial charge in [-0.2, -0.15) is 0 Å². The summed E-state index contributed by atoms with van der Waals surface area (Å²) in [6.07, 6.45) is 6.36. The van der Waals surface area contributed by atoms with Crippen LogP contribution in [0.2, 0.25) is 0 Å². The Bertz CT molecular complexity index is 319. The minimum Gasteiger partial charge on any atom is -0.123 e. The minimum atomic E-state index is 0.401. The molecule has 1 aliphatic carbocycles. The summed E-state index contributed by atoms with van der Waals surface area (Å²) in [6.45, 7) is 2.20. The fraction of sp³-hybridized carbons (Fsp3) is 0.571. The molecule has 0 amide bonds. The van der Waals surface area contributed by atoms with Crippen LogP contribution in [0.4, 0.5) is 0 Å². The van der Waals surface area contributed by atoms with Crippen molar-refractivity contribution in [3.8, 4) is 0 Å². The third-order valence-corrected chi connectivity index (χ3v) is 4.13. The highest BCUT2D eigenvalue weighted by atomic mass is 35.5. The molecule has 0 aromatic heterocycles. The van der Waals surface area contributed by atoms with Gasteiger partial charge in [-0.1, -0.05) is 37.1 Å². The van der Waals surface area contributed by atoms with E-state index in [9.17, 15) is 0 Å². The number of hydrogen-bond donors (Lipinski definition) is 0. The first kappa shape index (κ1) is 11.0. The van der Waals surface area contributed by atoms with Gasteiger partial charge in [0.05, 0.1) is 0 Å². The van der Waals surface area contributed by atoms with Gasteiger partial charge in [-0.3, -0.25) is 0 Å². The van der Waals surface area contributed by atoms with Crippen molar-refractivity contribution in [3.63, 3.8) is 0 Å². The van der Waals surface area contributed by atoms with E-state index in [-0.39, 0.29) is 0 Å². The summed E-state index contributed by atoms with van der Waals surface area (Å²) in [7, 11) is 0. The van der Waals surface area contributed by atoms with E-state index in [1.165, 1.54) is 43.2 Å². The third-order valence-electron chi connectivity index (χ3n) is 3.56. The molecule has 2 unspecified atom stereocenters. The molecule has 0 N–H and O–H groups in total. The summed E-state index contributed by atoms with van der Waals surface area (Å²) in [5, 5.41) is 0.401. The lowest BCUT2D eigenvalue weighted by atomic mass is 9.83. The van der Waals surface area contributed by atoms with Crippen LogP contribution in [0.5, 0.6) is 0 Å². The van der Waals surface area contributed by atoms with Gasteiger partial charge in [0.15, 0.2) is 0 Å². The monoisotopic (exact) mass is 222 g/mol. The quantitative estimate of drug-likeness (QED) is 0.654. The lowest BCUT2D eigenvalue weighted by Gasteiger charge is -2.27. The molecule has 2 atom stereocenters. The highest BCUT2D eigenvalue weighted by Gasteiger charge is 2.23. The number of halogens is 1. The average Bonchev–Trinajstić information content (AvgIpc) is 2.24. The molecule has 1 fully saturated rings. The maximum Gasteiger partial charge on any atom is 0.0367 e. The summed E-state index contributed by atoms with van der Waals surface area (Å²) in [5.41, 5.74) is 2.89. The van der Waals surface area contributed by atoms with E-state index in [0.717, 1.165) is 0 Å². The topological polar surface area (TPSA) is 0 Å². The average molecular weight is 223 g/mol. The third kappa shape index (κ3) is 2.75. The van der Waals surface area contributed by atoms with E-state index in [1.54, 1.807) is 0 Å². The second-order valence-electron chi connectivity index (χ2n) is 4.69. The molecule has 82 valence electrons. The van der Waals surface area contributed by atoms with Crippen LogP contribution < -0.4 is 0 Å². The Labute approximate surface area is 97.6 Å². The molecule has 1 saturated carbocycles. The van der Waals surface area contributed by atoms with Crippen LogP contribution >= 0.6 is 11.6 Å².